The van der Waals surface area contributed by atoms with E-state index in [9.17, 15) is 0 Å². The van der Waals surface area contributed by atoms with Crippen molar-refractivity contribution in [1.82, 2.24) is 10.1 Å². The molecule has 0 amide bonds. The zero-order valence-electron chi connectivity index (χ0n) is 10.4. The van der Waals surface area contributed by atoms with Crippen LogP contribution in [0.4, 0.5) is 6.01 Å². The third kappa shape index (κ3) is 2.74. The normalized spacial score (nSPS) is 26.0. The molecule has 16 heavy (non-hydrogen) atoms. The number of hydrogen-bond acceptors (Lipinski definition) is 4. The summed E-state index contributed by atoms with van der Waals surface area (Å²) in [6.45, 7) is 6.44. The van der Waals surface area contributed by atoms with Crippen LogP contribution in [-0.2, 0) is 0 Å². The van der Waals surface area contributed by atoms with Crippen LogP contribution >= 0.6 is 0 Å². The van der Waals surface area contributed by atoms with Crippen molar-refractivity contribution in [2.45, 2.75) is 58.4 Å². The quantitative estimate of drug-likeness (QED) is 0.855. The zero-order chi connectivity index (χ0) is 11.5. The van der Waals surface area contributed by atoms with E-state index in [0.29, 0.717) is 18.0 Å². The van der Waals surface area contributed by atoms with Crippen molar-refractivity contribution in [3.8, 4) is 0 Å². The van der Waals surface area contributed by atoms with Gasteiger partial charge in [-0.1, -0.05) is 24.9 Å². The lowest BCUT2D eigenvalue weighted by Crippen LogP contribution is -2.13. The summed E-state index contributed by atoms with van der Waals surface area (Å²) >= 11 is 0. The van der Waals surface area contributed by atoms with Gasteiger partial charge in [0.2, 0.25) is 0 Å². The molecule has 0 atom stereocenters. The second-order valence-corrected chi connectivity index (χ2v) is 5.21. The zero-order valence-corrected chi connectivity index (χ0v) is 10.4. The highest BCUT2D eigenvalue weighted by Crippen LogP contribution is 2.34. The van der Waals surface area contributed by atoms with E-state index in [0.717, 1.165) is 11.7 Å². The minimum atomic E-state index is 0.333. The molecule has 0 spiro atoms. The van der Waals surface area contributed by atoms with Gasteiger partial charge < -0.3 is 9.84 Å². The molecule has 1 heterocycles. The minimum absolute atomic E-state index is 0.333. The molecule has 1 fully saturated rings. The molecule has 0 aromatic carbocycles. The van der Waals surface area contributed by atoms with Gasteiger partial charge in [0.15, 0.2) is 5.82 Å². The van der Waals surface area contributed by atoms with E-state index < -0.39 is 0 Å². The Morgan fingerprint density at radius 1 is 1.25 bits per heavy atom. The van der Waals surface area contributed by atoms with Crippen LogP contribution in [0.25, 0.3) is 0 Å². The summed E-state index contributed by atoms with van der Waals surface area (Å²) in [5.41, 5.74) is 0. The number of aromatic nitrogens is 2. The highest BCUT2D eigenvalue weighted by Gasteiger charge is 2.23. The predicted molar refractivity (Wildman–Crippen MR) is 63.4 cm³/mol. The van der Waals surface area contributed by atoms with Crippen molar-refractivity contribution in [1.29, 1.82) is 0 Å². The fourth-order valence-electron chi connectivity index (χ4n) is 2.22. The van der Waals surface area contributed by atoms with E-state index in [1.165, 1.54) is 25.7 Å². The van der Waals surface area contributed by atoms with Crippen LogP contribution in [0.3, 0.4) is 0 Å². The molecule has 1 aromatic heterocycles. The van der Waals surface area contributed by atoms with Crippen LogP contribution in [0.5, 0.6) is 0 Å². The van der Waals surface area contributed by atoms with E-state index >= 15 is 0 Å². The Labute approximate surface area is 96.8 Å². The first-order valence-electron chi connectivity index (χ1n) is 6.25. The SMILES string of the molecule is CC1CCC(c2noc(NC(C)C)n2)CC1. The summed E-state index contributed by atoms with van der Waals surface area (Å²) in [5.74, 6) is 2.24. The first-order valence-corrected chi connectivity index (χ1v) is 6.25. The van der Waals surface area contributed by atoms with Crippen molar-refractivity contribution >= 4 is 6.01 Å². The molecule has 4 heteroatoms. The van der Waals surface area contributed by atoms with Crippen LogP contribution in [0.2, 0.25) is 0 Å². The standard InChI is InChI=1S/C12H21N3O/c1-8(2)13-12-14-11(15-16-12)10-6-4-9(3)5-7-10/h8-10H,4-7H2,1-3H3,(H,13,14,15). The van der Waals surface area contributed by atoms with E-state index in [1.807, 2.05) is 0 Å². The Kier molecular flexibility index (Phi) is 3.46. The van der Waals surface area contributed by atoms with Gasteiger partial charge in [-0.25, -0.2) is 0 Å². The number of nitrogens with zero attached hydrogens (tertiary/aromatic N) is 2. The van der Waals surface area contributed by atoms with Crippen molar-refractivity contribution in [2.24, 2.45) is 5.92 Å². The van der Waals surface area contributed by atoms with Crippen LogP contribution in [0, 0.1) is 5.92 Å². The third-order valence-electron chi connectivity index (χ3n) is 3.23. The van der Waals surface area contributed by atoms with Gasteiger partial charge >= 0.3 is 6.01 Å². The third-order valence-corrected chi connectivity index (χ3v) is 3.23. The molecule has 0 saturated heterocycles. The van der Waals surface area contributed by atoms with Gasteiger partial charge in [0.25, 0.3) is 0 Å². The van der Waals surface area contributed by atoms with Crippen LogP contribution < -0.4 is 5.32 Å². The van der Waals surface area contributed by atoms with Gasteiger partial charge in [-0.05, 0) is 32.6 Å². The summed E-state index contributed by atoms with van der Waals surface area (Å²) in [6, 6.07) is 0.892. The van der Waals surface area contributed by atoms with Gasteiger partial charge in [-0.2, -0.15) is 4.98 Å². The molecule has 0 radical (unpaired) electrons. The molecule has 2 rings (SSSR count). The fourth-order valence-corrected chi connectivity index (χ4v) is 2.22. The maximum Gasteiger partial charge on any atom is 0.321 e. The summed E-state index contributed by atoms with van der Waals surface area (Å²) in [7, 11) is 0. The van der Waals surface area contributed by atoms with Gasteiger partial charge in [-0.3, -0.25) is 0 Å². The highest BCUT2D eigenvalue weighted by atomic mass is 16.5. The number of rotatable bonds is 3. The fraction of sp³-hybridized carbons (Fsp3) is 0.833. The lowest BCUT2D eigenvalue weighted by molar-refractivity contribution is 0.329. The molecular formula is C12H21N3O. The van der Waals surface area contributed by atoms with Crippen LogP contribution in [0.1, 0.15) is 58.2 Å². The minimum Gasteiger partial charge on any atom is -0.336 e. The lowest BCUT2D eigenvalue weighted by Gasteiger charge is -2.23. The largest absolute Gasteiger partial charge is 0.336 e. The van der Waals surface area contributed by atoms with Crippen molar-refractivity contribution in [3.05, 3.63) is 5.82 Å². The van der Waals surface area contributed by atoms with E-state index in [1.54, 1.807) is 0 Å². The van der Waals surface area contributed by atoms with Gasteiger partial charge in [0.05, 0.1) is 0 Å². The summed E-state index contributed by atoms with van der Waals surface area (Å²) in [6.07, 6.45) is 4.96. The van der Waals surface area contributed by atoms with Gasteiger partial charge in [-0.15, -0.1) is 0 Å². The molecule has 4 nitrogen and oxygen atoms in total. The van der Waals surface area contributed by atoms with Crippen molar-refractivity contribution in [3.63, 3.8) is 0 Å². The summed E-state index contributed by atoms with van der Waals surface area (Å²) in [4.78, 5) is 4.41. The first-order chi connectivity index (χ1) is 7.65. The Balaban J connectivity index is 1.96. The number of nitrogens with one attached hydrogen (secondary N) is 1. The molecule has 1 saturated carbocycles. The monoisotopic (exact) mass is 223 g/mol. The molecule has 0 unspecified atom stereocenters. The van der Waals surface area contributed by atoms with Crippen molar-refractivity contribution < 1.29 is 4.52 Å². The predicted octanol–water partition coefficient (Wildman–Crippen LogP) is 3.18. The van der Waals surface area contributed by atoms with Crippen LogP contribution in [-0.4, -0.2) is 16.2 Å². The molecule has 1 aliphatic rings. The Morgan fingerprint density at radius 3 is 2.56 bits per heavy atom. The van der Waals surface area contributed by atoms with E-state index in [4.69, 9.17) is 4.52 Å². The van der Waals surface area contributed by atoms with E-state index in [-0.39, 0.29) is 0 Å². The summed E-state index contributed by atoms with van der Waals surface area (Å²) < 4.78 is 5.18. The van der Waals surface area contributed by atoms with Crippen molar-refractivity contribution in [2.75, 3.05) is 5.32 Å². The number of anilines is 1. The maximum atomic E-state index is 5.18. The molecule has 0 aliphatic heterocycles. The molecule has 1 N–H and O–H groups in total. The topological polar surface area (TPSA) is 51.0 Å². The Hall–Kier alpha value is -1.06. The van der Waals surface area contributed by atoms with Gasteiger partial charge in [0.1, 0.15) is 0 Å². The molecule has 90 valence electrons. The summed E-state index contributed by atoms with van der Waals surface area (Å²) in [5, 5.41) is 7.20. The average Bonchev–Trinajstić information content (AvgIpc) is 2.66. The van der Waals surface area contributed by atoms with E-state index in [2.05, 4.69) is 36.2 Å². The lowest BCUT2D eigenvalue weighted by atomic mass is 9.83. The number of hydrogen-bond donors (Lipinski definition) is 1. The second-order valence-electron chi connectivity index (χ2n) is 5.21. The molecule has 1 aromatic rings. The second kappa shape index (κ2) is 4.85. The highest BCUT2D eigenvalue weighted by molar-refractivity contribution is 5.20. The Bertz CT molecular complexity index is 327. The average molecular weight is 223 g/mol. The molecular weight excluding hydrogens is 202 g/mol. The molecule has 0 bridgehead atoms. The smallest absolute Gasteiger partial charge is 0.321 e. The maximum absolute atomic E-state index is 5.18. The van der Waals surface area contributed by atoms with Gasteiger partial charge in [0, 0.05) is 12.0 Å². The Morgan fingerprint density at radius 2 is 1.94 bits per heavy atom. The first kappa shape index (κ1) is 11.4. The van der Waals surface area contributed by atoms with Crippen LogP contribution in [0.15, 0.2) is 4.52 Å². The molecule has 1 aliphatic carbocycles.